The lowest BCUT2D eigenvalue weighted by atomic mass is 10.2. The summed E-state index contributed by atoms with van der Waals surface area (Å²) in [6, 6.07) is 14.7. The van der Waals surface area contributed by atoms with Crippen LogP contribution in [0, 0.1) is 0 Å². The number of halogens is 1. The number of nitrogens with one attached hydrogen (secondary N) is 2. The van der Waals surface area contributed by atoms with Crippen molar-refractivity contribution < 1.29 is 17.9 Å². The summed E-state index contributed by atoms with van der Waals surface area (Å²) in [5.41, 5.74) is 6.23. The molecule has 0 spiro atoms. The van der Waals surface area contributed by atoms with Gasteiger partial charge >= 0.3 is 0 Å². The molecule has 1 aliphatic heterocycles. The van der Waals surface area contributed by atoms with Crippen molar-refractivity contribution in [2.24, 2.45) is 5.73 Å². The molecule has 0 saturated carbocycles. The molecule has 2 aromatic rings. The van der Waals surface area contributed by atoms with E-state index in [0.717, 1.165) is 6.42 Å². The van der Waals surface area contributed by atoms with Crippen LogP contribution >= 0.6 is 12.4 Å². The fourth-order valence-corrected chi connectivity index (χ4v) is 3.87. The third kappa shape index (κ3) is 5.20. The number of carbonyl (C=O) groups excluding carboxylic acids is 1. The average Bonchev–Trinajstić information content (AvgIpc) is 3.13. The number of amides is 1. The first-order valence-corrected chi connectivity index (χ1v) is 9.81. The third-order valence-corrected chi connectivity index (χ3v) is 5.53. The first kappa shape index (κ1) is 21.2. The molecule has 0 radical (unpaired) electrons. The van der Waals surface area contributed by atoms with E-state index in [9.17, 15) is 13.2 Å². The highest BCUT2D eigenvalue weighted by atomic mass is 35.5. The number of rotatable bonds is 6. The summed E-state index contributed by atoms with van der Waals surface area (Å²) in [5.74, 6) is -0.313. The van der Waals surface area contributed by atoms with Gasteiger partial charge in [0.05, 0.1) is 22.4 Å². The zero-order valence-electron chi connectivity index (χ0n) is 14.5. The molecule has 0 aliphatic carbocycles. The molecule has 0 bridgehead atoms. The minimum absolute atomic E-state index is 0. The lowest BCUT2D eigenvalue weighted by Crippen LogP contribution is -2.30. The van der Waals surface area contributed by atoms with Gasteiger partial charge in [0.1, 0.15) is 6.10 Å². The molecule has 0 unspecified atom stereocenters. The quantitative estimate of drug-likeness (QED) is 0.675. The van der Waals surface area contributed by atoms with E-state index in [1.54, 1.807) is 42.5 Å². The highest BCUT2D eigenvalue weighted by Gasteiger charge is 2.30. The van der Waals surface area contributed by atoms with Crippen molar-refractivity contribution in [2.75, 3.05) is 16.6 Å². The van der Waals surface area contributed by atoms with Crippen molar-refractivity contribution >= 4 is 39.7 Å². The summed E-state index contributed by atoms with van der Waals surface area (Å²) in [5, 5.41) is 2.74. The predicted octanol–water partition coefficient (Wildman–Crippen LogP) is 2.35. The monoisotopic (exact) mass is 411 g/mol. The molecule has 2 aromatic carbocycles. The Hall–Kier alpha value is -2.13. The van der Waals surface area contributed by atoms with Crippen molar-refractivity contribution in [1.82, 2.24) is 0 Å². The minimum atomic E-state index is -3.75. The van der Waals surface area contributed by atoms with Crippen molar-refractivity contribution in [2.45, 2.75) is 29.9 Å². The maximum Gasteiger partial charge on any atom is 0.261 e. The van der Waals surface area contributed by atoms with E-state index < -0.39 is 16.1 Å². The maximum atomic E-state index is 12.5. The molecular formula is C18H22ClN3O4S. The number of hydrogen-bond acceptors (Lipinski definition) is 5. The molecule has 9 heteroatoms. The summed E-state index contributed by atoms with van der Waals surface area (Å²) in [7, 11) is -3.75. The zero-order valence-corrected chi connectivity index (χ0v) is 16.1. The number of anilines is 2. The Balaban J connectivity index is 0.00000261. The van der Waals surface area contributed by atoms with Gasteiger partial charge in [0.15, 0.2) is 0 Å². The van der Waals surface area contributed by atoms with Gasteiger partial charge in [-0.25, -0.2) is 8.42 Å². The molecule has 1 amide bonds. The minimum Gasteiger partial charge on any atom is -0.364 e. The molecular weight excluding hydrogens is 390 g/mol. The van der Waals surface area contributed by atoms with Crippen LogP contribution in [-0.4, -0.2) is 33.1 Å². The Morgan fingerprint density at radius 1 is 1.04 bits per heavy atom. The first-order chi connectivity index (χ1) is 12.5. The van der Waals surface area contributed by atoms with Gasteiger partial charge in [0, 0.05) is 6.54 Å². The van der Waals surface area contributed by atoms with Gasteiger partial charge in [0.25, 0.3) is 15.9 Å². The fourth-order valence-electron chi connectivity index (χ4n) is 2.77. The largest absolute Gasteiger partial charge is 0.364 e. The smallest absolute Gasteiger partial charge is 0.261 e. The molecule has 2 atom stereocenters. The van der Waals surface area contributed by atoms with Crippen molar-refractivity contribution in [3.63, 3.8) is 0 Å². The molecule has 146 valence electrons. The van der Waals surface area contributed by atoms with Crippen LogP contribution in [0.15, 0.2) is 59.5 Å². The molecule has 1 aliphatic rings. The third-order valence-electron chi connectivity index (χ3n) is 4.15. The Morgan fingerprint density at radius 3 is 2.30 bits per heavy atom. The molecule has 1 saturated heterocycles. The summed E-state index contributed by atoms with van der Waals surface area (Å²) >= 11 is 0. The summed E-state index contributed by atoms with van der Waals surface area (Å²) < 4.78 is 33.1. The Labute approximate surface area is 164 Å². The number of para-hydroxylation sites is 2. The topological polar surface area (TPSA) is 111 Å². The van der Waals surface area contributed by atoms with E-state index in [2.05, 4.69) is 10.0 Å². The van der Waals surface area contributed by atoms with Gasteiger partial charge in [-0.05, 0) is 37.1 Å². The number of hydrogen-bond donors (Lipinski definition) is 3. The van der Waals surface area contributed by atoms with Crippen molar-refractivity contribution in [3.8, 4) is 0 Å². The fraction of sp³-hybridized carbons (Fsp3) is 0.278. The van der Waals surface area contributed by atoms with E-state index in [1.165, 1.54) is 12.1 Å². The summed E-state index contributed by atoms with van der Waals surface area (Å²) in [4.78, 5) is 12.6. The summed E-state index contributed by atoms with van der Waals surface area (Å²) in [6.07, 6.45) is 0.627. The van der Waals surface area contributed by atoms with Crippen LogP contribution in [0.25, 0.3) is 0 Å². The molecule has 3 rings (SSSR count). The second-order valence-electron chi connectivity index (χ2n) is 6.01. The van der Waals surface area contributed by atoms with Crippen LogP contribution in [0.3, 0.4) is 0 Å². The second kappa shape index (κ2) is 9.18. The van der Waals surface area contributed by atoms with Crippen LogP contribution < -0.4 is 15.8 Å². The van der Waals surface area contributed by atoms with E-state index in [1.807, 2.05) is 0 Å². The second-order valence-corrected chi connectivity index (χ2v) is 7.70. The number of ether oxygens (including phenoxy) is 1. The van der Waals surface area contributed by atoms with E-state index >= 15 is 0 Å². The zero-order chi connectivity index (χ0) is 18.6. The standard InChI is InChI=1S/C18H21N3O4S.ClH/c19-12-13-10-11-17(25-13)18(22)20-15-8-4-5-9-16(15)21-26(23,24)14-6-2-1-3-7-14;/h1-9,13,17,21H,10-12,19H2,(H,20,22);1H/t13-,17+;/m1./s1. The highest BCUT2D eigenvalue weighted by Crippen LogP contribution is 2.26. The van der Waals surface area contributed by atoms with Gasteiger partial charge in [-0.2, -0.15) is 0 Å². The lowest BCUT2D eigenvalue weighted by molar-refractivity contribution is -0.126. The Kier molecular flexibility index (Phi) is 7.20. The van der Waals surface area contributed by atoms with Gasteiger partial charge in [-0.1, -0.05) is 30.3 Å². The lowest BCUT2D eigenvalue weighted by Gasteiger charge is -2.16. The molecule has 0 aromatic heterocycles. The summed E-state index contributed by atoms with van der Waals surface area (Å²) in [6.45, 7) is 0.372. The first-order valence-electron chi connectivity index (χ1n) is 8.33. The Bertz CT molecular complexity index is 877. The number of carbonyl (C=O) groups is 1. The molecule has 1 fully saturated rings. The number of benzene rings is 2. The van der Waals surface area contributed by atoms with Crippen LogP contribution in [0.4, 0.5) is 11.4 Å². The van der Waals surface area contributed by atoms with E-state index in [4.69, 9.17) is 10.5 Å². The van der Waals surface area contributed by atoms with Crippen LogP contribution in [0.1, 0.15) is 12.8 Å². The highest BCUT2D eigenvalue weighted by molar-refractivity contribution is 7.92. The number of nitrogens with two attached hydrogens (primary N) is 1. The van der Waals surface area contributed by atoms with Crippen LogP contribution in [0.5, 0.6) is 0 Å². The van der Waals surface area contributed by atoms with Crippen molar-refractivity contribution in [1.29, 1.82) is 0 Å². The van der Waals surface area contributed by atoms with Gasteiger partial charge < -0.3 is 15.8 Å². The predicted molar refractivity (Wildman–Crippen MR) is 107 cm³/mol. The Morgan fingerprint density at radius 2 is 1.67 bits per heavy atom. The van der Waals surface area contributed by atoms with Gasteiger partial charge in [-0.3, -0.25) is 9.52 Å². The SMILES string of the molecule is Cl.NC[C@H]1CC[C@@H](C(=O)Nc2ccccc2NS(=O)(=O)c2ccccc2)O1. The molecule has 4 N–H and O–H groups in total. The molecule has 27 heavy (non-hydrogen) atoms. The maximum absolute atomic E-state index is 12.5. The number of sulfonamides is 1. The van der Waals surface area contributed by atoms with Crippen LogP contribution in [0.2, 0.25) is 0 Å². The van der Waals surface area contributed by atoms with Gasteiger partial charge in [0.2, 0.25) is 0 Å². The van der Waals surface area contributed by atoms with Crippen LogP contribution in [-0.2, 0) is 19.6 Å². The van der Waals surface area contributed by atoms with E-state index in [0.29, 0.717) is 18.7 Å². The normalized spacial score (nSPS) is 19.1. The molecule has 1 heterocycles. The molecule has 7 nitrogen and oxygen atoms in total. The average molecular weight is 412 g/mol. The van der Waals surface area contributed by atoms with Gasteiger partial charge in [-0.15, -0.1) is 12.4 Å². The van der Waals surface area contributed by atoms with Crippen molar-refractivity contribution in [3.05, 3.63) is 54.6 Å². The van der Waals surface area contributed by atoms with E-state index in [-0.39, 0.29) is 35.0 Å².